The Morgan fingerprint density at radius 2 is 2.03 bits per heavy atom. The summed E-state index contributed by atoms with van der Waals surface area (Å²) in [6.45, 7) is 3.87. The highest BCUT2D eigenvalue weighted by Gasteiger charge is 2.32. The topological polar surface area (TPSA) is 93.4 Å². The highest BCUT2D eigenvalue weighted by Crippen LogP contribution is 2.33. The van der Waals surface area contributed by atoms with Crippen LogP contribution in [0.5, 0.6) is 0 Å². The van der Waals surface area contributed by atoms with Gasteiger partial charge in [0.25, 0.3) is 5.91 Å². The number of aryl methyl sites for hydroxylation is 2. The Morgan fingerprint density at radius 3 is 2.85 bits per heavy atom. The fourth-order valence-corrected chi connectivity index (χ4v) is 6.48. The van der Waals surface area contributed by atoms with Crippen molar-refractivity contribution in [2.75, 3.05) is 23.7 Å². The Hall–Kier alpha value is -2.71. The first-order chi connectivity index (χ1) is 16.0. The second kappa shape index (κ2) is 8.25. The van der Waals surface area contributed by atoms with E-state index in [4.69, 9.17) is 10.5 Å². The molecule has 6 rings (SSSR count). The first-order valence-electron chi connectivity index (χ1n) is 11.9. The molecule has 0 radical (unpaired) electrons. The second-order valence-electron chi connectivity index (χ2n) is 9.59. The molecule has 3 N–H and O–H groups in total. The molecule has 1 amide bonds. The van der Waals surface area contributed by atoms with Gasteiger partial charge in [0.1, 0.15) is 15.2 Å². The molecule has 2 unspecified atom stereocenters. The smallest absolute Gasteiger partial charge is 0.263 e. The number of nitrogens with one attached hydrogen (secondary N) is 1. The minimum Gasteiger partial charge on any atom is -0.396 e. The fraction of sp³-hybridized carbons (Fsp3) is 0.480. The maximum absolute atomic E-state index is 13.0. The van der Waals surface area contributed by atoms with Crippen LogP contribution < -0.4 is 16.0 Å². The van der Waals surface area contributed by atoms with Crippen molar-refractivity contribution in [2.24, 2.45) is 0 Å². The lowest BCUT2D eigenvalue weighted by Gasteiger charge is -2.43. The molecule has 2 aliphatic heterocycles. The van der Waals surface area contributed by atoms with Crippen LogP contribution in [-0.4, -0.2) is 47.2 Å². The molecule has 1 aliphatic carbocycles. The summed E-state index contributed by atoms with van der Waals surface area (Å²) in [6, 6.07) is 6.95. The predicted octanol–water partition coefficient (Wildman–Crippen LogP) is 3.63. The summed E-state index contributed by atoms with van der Waals surface area (Å²) >= 11 is 1.32. The Balaban J connectivity index is 1.15. The molecular formula is C25H29N5O2S. The summed E-state index contributed by atoms with van der Waals surface area (Å²) in [5, 5.41) is 3.21. The normalized spacial score (nSPS) is 24.5. The molecule has 33 heavy (non-hydrogen) atoms. The third kappa shape index (κ3) is 3.95. The van der Waals surface area contributed by atoms with Crippen molar-refractivity contribution in [3.63, 3.8) is 0 Å². The molecule has 2 fully saturated rings. The average molecular weight is 464 g/mol. The lowest BCUT2D eigenvalue weighted by atomic mass is 9.87. The number of nitrogens with zero attached hydrogens (tertiary/aromatic N) is 3. The Morgan fingerprint density at radius 1 is 1.21 bits per heavy atom. The third-order valence-electron chi connectivity index (χ3n) is 7.17. The van der Waals surface area contributed by atoms with E-state index in [2.05, 4.69) is 38.4 Å². The molecular weight excluding hydrogens is 434 g/mol. The Kier molecular flexibility index (Phi) is 5.22. The molecule has 2 aromatic heterocycles. The van der Waals surface area contributed by atoms with Gasteiger partial charge in [-0.25, -0.2) is 9.97 Å². The summed E-state index contributed by atoms with van der Waals surface area (Å²) in [6.07, 6.45) is 8.82. The molecule has 3 aliphatic rings. The van der Waals surface area contributed by atoms with Crippen LogP contribution in [-0.2, 0) is 17.6 Å². The number of hydrogen-bond donors (Lipinski definition) is 2. The number of fused-ring (bicyclic) bond motifs is 4. The molecule has 0 saturated carbocycles. The molecule has 3 atom stereocenters. The summed E-state index contributed by atoms with van der Waals surface area (Å²) in [5.74, 6) is -0.125. The third-order valence-corrected chi connectivity index (χ3v) is 8.26. The number of aromatic nitrogens is 2. The first kappa shape index (κ1) is 20.9. The monoisotopic (exact) mass is 463 g/mol. The zero-order valence-electron chi connectivity index (χ0n) is 18.8. The van der Waals surface area contributed by atoms with Crippen molar-refractivity contribution in [3.8, 4) is 0 Å². The van der Waals surface area contributed by atoms with E-state index in [1.807, 2.05) is 6.92 Å². The molecule has 172 valence electrons. The van der Waals surface area contributed by atoms with Gasteiger partial charge in [0.15, 0.2) is 0 Å². The molecule has 8 heteroatoms. The number of ether oxygens (including phenoxy) is 1. The number of rotatable bonds is 3. The number of amides is 1. The first-order valence-corrected chi connectivity index (χ1v) is 12.7. The van der Waals surface area contributed by atoms with Gasteiger partial charge in [-0.1, -0.05) is 6.07 Å². The van der Waals surface area contributed by atoms with Crippen LogP contribution in [0.2, 0.25) is 0 Å². The van der Waals surface area contributed by atoms with Gasteiger partial charge < -0.3 is 20.7 Å². The van der Waals surface area contributed by atoms with Gasteiger partial charge in [0.05, 0.1) is 23.6 Å². The number of thiophene rings is 1. The van der Waals surface area contributed by atoms with E-state index in [0.717, 1.165) is 38.0 Å². The molecule has 0 spiro atoms. The van der Waals surface area contributed by atoms with Crippen LogP contribution in [0.25, 0.3) is 10.3 Å². The quantitative estimate of drug-likeness (QED) is 0.616. The summed E-state index contributed by atoms with van der Waals surface area (Å²) in [4.78, 5) is 25.5. The Labute approximate surface area is 197 Å². The molecule has 2 bridgehead atoms. The van der Waals surface area contributed by atoms with Crippen LogP contribution in [0.1, 0.15) is 52.2 Å². The van der Waals surface area contributed by atoms with E-state index in [1.54, 1.807) is 6.20 Å². The average Bonchev–Trinajstić information content (AvgIpc) is 3.14. The van der Waals surface area contributed by atoms with E-state index >= 15 is 0 Å². The van der Waals surface area contributed by atoms with Crippen LogP contribution in [0.3, 0.4) is 0 Å². The number of carbonyl (C=O) groups excluding carboxylic acids is 1. The van der Waals surface area contributed by atoms with Crippen molar-refractivity contribution in [1.29, 1.82) is 0 Å². The summed E-state index contributed by atoms with van der Waals surface area (Å²) < 4.78 is 6.11. The fourth-order valence-electron chi connectivity index (χ4n) is 5.48. The lowest BCUT2D eigenvalue weighted by molar-refractivity contribution is -0.0605. The second-order valence-corrected chi connectivity index (χ2v) is 10.6. The van der Waals surface area contributed by atoms with Crippen LogP contribution >= 0.6 is 11.3 Å². The summed E-state index contributed by atoms with van der Waals surface area (Å²) in [5.41, 5.74) is 12.1. The summed E-state index contributed by atoms with van der Waals surface area (Å²) in [7, 11) is 0. The van der Waals surface area contributed by atoms with E-state index in [-0.39, 0.29) is 11.9 Å². The van der Waals surface area contributed by atoms with Crippen LogP contribution in [0, 0.1) is 6.92 Å². The van der Waals surface area contributed by atoms with E-state index in [1.165, 1.54) is 47.4 Å². The molecule has 2 saturated heterocycles. The number of carbonyl (C=O) groups is 1. The van der Waals surface area contributed by atoms with Gasteiger partial charge >= 0.3 is 0 Å². The van der Waals surface area contributed by atoms with Gasteiger partial charge in [-0.15, -0.1) is 11.3 Å². The standard InChI is InChI=1S/C25H29N5O2S/c1-14-11-27-22-21(26)23(33-25(22)28-14)24(31)29-17-7-5-16-10-18(8-6-15(16)9-17)30-12-19-3-2-4-20(13-30)32-19/h6,8,10-11,17,19-20H,2-5,7,9,12-13,26H2,1H3,(H,29,31)/t17-,19?,20?/m1/s1. The van der Waals surface area contributed by atoms with Gasteiger partial charge in [-0.3, -0.25) is 4.79 Å². The number of benzene rings is 1. The molecule has 4 heterocycles. The van der Waals surface area contributed by atoms with E-state index in [9.17, 15) is 4.79 Å². The zero-order valence-corrected chi connectivity index (χ0v) is 19.7. The predicted molar refractivity (Wildman–Crippen MR) is 131 cm³/mol. The molecule has 1 aromatic carbocycles. The van der Waals surface area contributed by atoms with Gasteiger partial charge in [-0.2, -0.15) is 0 Å². The highest BCUT2D eigenvalue weighted by molar-refractivity contribution is 7.21. The molecule has 7 nitrogen and oxygen atoms in total. The number of nitrogen functional groups attached to an aromatic ring is 1. The zero-order chi connectivity index (χ0) is 22.5. The number of nitrogens with two attached hydrogens (primary N) is 1. The largest absolute Gasteiger partial charge is 0.396 e. The number of morpholine rings is 1. The van der Waals surface area contributed by atoms with Crippen molar-refractivity contribution in [1.82, 2.24) is 15.3 Å². The Bertz CT molecular complexity index is 1210. The molecule has 3 aromatic rings. The van der Waals surface area contributed by atoms with Gasteiger partial charge in [0.2, 0.25) is 0 Å². The van der Waals surface area contributed by atoms with E-state index in [0.29, 0.717) is 33.1 Å². The van der Waals surface area contributed by atoms with Gasteiger partial charge in [-0.05, 0) is 68.7 Å². The highest BCUT2D eigenvalue weighted by atomic mass is 32.1. The van der Waals surface area contributed by atoms with Crippen molar-refractivity contribution >= 4 is 39.0 Å². The van der Waals surface area contributed by atoms with Crippen LogP contribution in [0.4, 0.5) is 11.4 Å². The SMILES string of the molecule is Cc1cnc2c(N)c(C(=O)N[C@@H]3CCc4cc(N5CC6CCCC(C5)O6)ccc4C3)sc2n1. The lowest BCUT2D eigenvalue weighted by Crippen LogP contribution is -2.50. The number of hydrogen-bond acceptors (Lipinski definition) is 7. The minimum atomic E-state index is -0.125. The van der Waals surface area contributed by atoms with Crippen LogP contribution in [0.15, 0.2) is 24.4 Å². The maximum Gasteiger partial charge on any atom is 0.263 e. The van der Waals surface area contributed by atoms with Crippen molar-refractivity contribution < 1.29 is 9.53 Å². The van der Waals surface area contributed by atoms with Crippen molar-refractivity contribution in [2.45, 2.75) is 63.7 Å². The van der Waals surface area contributed by atoms with E-state index < -0.39 is 0 Å². The minimum absolute atomic E-state index is 0.103. The van der Waals surface area contributed by atoms with Gasteiger partial charge in [0, 0.05) is 31.0 Å². The maximum atomic E-state index is 13.0. The van der Waals surface area contributed by atoms with Crippen molar-refractivity contribution in [3.05, 3.63) is 46.1 Å². The number of anilines is 2.